The normalized spacial score (nSPS) is 10.2. The molecule has 0 heterocycles. The van der Waals surface area contributed by atoms with Crippen molar-refractivity contribution in [2.75, 3.05) is 6.61 Å². The first-order valence-corrected chi connectivity index (χ1v) is 11.1. The van der Waals surface area contributed by atoms with Gasteiger partial charge in [-0.2, -0.15) is 6.07 Å². The van der Waals surface area contributed by atoms with E-state index >= 15 is 0 Å². The van der Waals surface area contributed by atoms with Gasteiger partial charge < -0.3 is 9.47 Å². The summed E-state index contributed by atoms with van der Waals surface area (Å²) in [7, 11) is 0. The topological polar surface area (TPSA) is 18.5 Å². The van der Waals surface area contributed by atoms with Gasteiger partial charge in [-0.05, 0) is 6.92 Å². The molecule has 0 unspecified atom stereocenters. The number of halogens is 4. The van der Waals surface area contributed by atoms with Gasteiger partial charge in [0, 0.05) is 11.5 Å². The van der Waals surface area contributed by atoms with Crippen molar-refractivity contribution in [3.8, 4) is 11.5 Å². The molecule has 1 rings (SSSR count). The Labute approximate surface area is 108 Å². The molecular weight excluding hydrogens is 342 g/mol. The first-order valence-electron chi connectivity index (χ1n) is 4.18. The second kappa shape index (κ2) is 7.90. The van der Waals surface area contributed by atoms with Crippen molar-refractivity contribution in [3.05, 3.63) is 24.3 Å². The summed E-state index contributed by atoms with van der Waals surface area (Å²) in [5.41, 5.74) is 0. The average Bonchev–Trinajstić information content (AvgIpc) is 2.19. The van der Waals surface area contributed by atoms with E-state index < -0.39 is 6.36 Å². The number of hydrogen-bond acceptors (Lipinski definition) is 2. The number of alkyl halides is 3. The molecular formula is C9H8BrF3O2Zn. The Morgan fingerprint density at radius 3 is 2.56 bits per heavy atom. The molecule has 0 saturated heterocycles. The number of hydrogen-bond donors (Lipinski definition) is 0. The van der Waals surface area contributed by atoms with Crippen molar-refractivity contribution in [1.82, 2.24) is 0 Å². The van der Waals surface area contributed by atoms with Crippen molar-refractivity contribution in [3.63, 3.8) is 0 Å². The van der Waals surface area contributed by atoms with Gasteiger partial charge in [-0.25, -0.2) is 0 Å². The molecule has 7 heteroatoms. The molecule has 0 spiro atoms. The molecule has 0 saturated carbocycles. The van der Waals surface area contributed by atoms with E-state index in [1.165, 1.54) is 22.4 Å². The van der Waals surface area contributed by atoms with Crippen LogP contribution in [0, 0.1) is 6.07 Å². The number of rotatable bonds is 3. The zero-order valence-electron chi connectivity index (χ0n) is 8.47. The van der Waals surface area contributed by atoms with Crippen LogP contribution in [-0.4, -0.2) is 13.0 Å². The molecule has 0 bridgehead atoms. The van der Waals surface area contributed by atoms with E-state index in [0.717, 1.165) is 12.1 Å². The molecule has 0 aliphatic rings. The molecule has 1 aromatic carbocycles. The molecule has 0 fully saturated rings. The van der Waals surface area contributed by atoms with Crippen LogP contribution in [0.4, 0.5) is 13.2 Å². The van der Waals surface area contributed by atoms with Gasteiger partial charge in [-0.1, -0.05) is 6.07 Å². The Kier molecular flexibility index (Phi) is 7.76. The molecule has 0 radical (unpaired) electrons. The summed E-state index contributed by atoms with van der Waals surface area (Å²) in [5.74, 6) is -0.0750. The Bertz CT molecular complexity index is 307. The standard InChI is InChI=1S/C9H8F3O2.BrH.Zn/c1-2-13-7-4-3-5-8(6-7)14-9(10,11)12;;/h3,5-6H,2H2,1H3;1H;/q-1;;+2/p-1. The summed E-state index contributed by atoms with van der Waals surface area (Å²) >= 11 is 4.25. The van der Waals surface area contributed by atoms with Gasteiger partial charge in [0.15, 0.2) is 0 Å². The van der Waals surface area contributed by atoms with Gasteiger partial charge in [0.1, 0.15) is 0 Å². The van der Waals surface area contributed by atoms with Crippen molar-refractivity contribution < 1.29 is 39.0 Å². The number of benzene rings is 1. The molecule has 86 valence electrons. The fourth-order valence-corrected chi connectivity index (χ4v) is 0.861. The van der Waals surface area contributed by atoms with E-state index in [9.17, 15) is 13.2 Å². The van der Waals surface area contributed by atoms with Crippen LogP contribution in [0.3, 0.4) is 0 Å². The zero-order chi connectivity index (χ0) is 12.6. The van der Waals surface area contributed by atoms with Gasteiger partial charge in [-0.15, -0.1) is 25.3 Å². The molecule has 0 aliphatic carbocycles. The third-order valence-electron chi connectivity index (χ3n) is 1.28. The van der Waals surface area contributed by atoms with Crippen LogP contribution >= 0.6 is 13.6 Å². The van der Waals surface area contributed by atoms with E-state index in [1.807, 2.05) is 0 Å². The summed E-state index contributed by atoms with van der Waals surface area (Å²) in [6, 6.07) is 6.24. The molecule has 2 nitrogen and oxygen atoms in total. The predicted molar refractivity (Wildman–Crippen MR) is 52.1 cm³/mol. The van der Waals surface area contributed by atoms with Crippen LogP contribution in [0.15, 0.2) is 18.2 Å². The average molecular weight is 350 g/mol. The summed E-state index contributed by atoms with van der Waals surface area (Å²) < 4.78 is 44.0. The predicted octanol–water partition coefficient (Wildman–Crippen LogP) is 3.63. The van der Waals surface area contributed by atoms with Crippen molar-refractivity contribution in [2.45, 2.75) is 13.3 Å². The van der Waals surface area contributed by atoms with Crippen LogP contribution < -0.4 is 9.47 Å². The Balaban J connectivity index is 0.00000106. The Morgan fingerprint density at radius 1 is 1.44 bits per heavy atom. The molecule has 0 aliphatic heterocycles. The second-order valence-electron chi connectivity index (χ2n) is 2.37. The van der Waals surface area contributed by atoms with Crippen molar-refractivity contribution in [1.29, 1.82) is 0 Å². The SMILES string of the molecule is CCOc1[c-]ccc(OC(F)(F)F)c1.[Zn+][Br]. The van der Waals surface area contributed by atoms with E-state index in [2.05, 4.69) is 24.4 Å². The maximum absolute atomic E-state index is 11.8. The molecule has 0 N–H and O–H groups in total. The fourth-order valence-electron chi connectivity index (χ4n) is 0.861. The minimum absolute atomic E-state index is 0.231. The first kappa shape index (κ1) is 15.7. The Hall–Kier alpha value is -0.287. The van der Waals surface area contributed by atoms with E-state index in [-0.39, 0.29) is 11.5 Å². The third-order valence-corrected chi connectivity index (χ3v) is 1.28. The zero-order valence-corrected chi connectivity index (χ0v) is 13.0. The van der Waals surface area contributed by atoms with Gasteiger partial charge in [0.05, 0.1) is 6.61 Å². The van der Waals surface area contributed by atoms with Gasteiger partial charge in [0.2, 0.25) is 0 Å². The van der Waals surface area contributed by atoms with Gasteiger partial charge in [-0.3, -0.25) is 0 Å². The Morgan fingerprint density at radius 2 is 2.06 bits per heavy atom. The molecule has 0 atom stereocenters. The van der Waals surface area contributed by atoms with E-state index in [1.54, 1.807) is 6.92 Å². The van der Waals surface area contributed by atoms with Crippen LogP contribution in [0.2, 0.25) is 0 Å². The molecule has 0 aromatic heterocycles. The molecule has 1 aromatic rings. The summed E-state index contributed by atoms with van der Waals surface area (Å²) in [6.45, 7) is 2.09. The molecule has 16 heavy (non-hydrogen) atoms. The van der Waals surface area contributed by atoms with Crippen LogP contribution in [0.25, 0.3) is 0 Å². The van der Waals surface area contributed by atoms with Crippen molar-refractivity contribution in [2.24, 2.45) is 0 Å². The van der Waals surface area contributed by atoms with Crippen LogP contribution in [0.5, 0.6) is 11.5 Å². The van der Waals surface area contributed by atoms with Gasteiger partial charge >= 0.3 is 36.3 Å². The van der Waals surface area contributed by atoms with E-state index in [4.69, 9.17) is 4.74 Å². The molecule has 0 amide bonds. The fraction of sp³-hybridized carbons (Fsp3) is 0.333. The van der Waals surface area contributed by atoms with Crippen molar-refractivity contribution >= 4 is 13.6 Å². The number of ether oxygens (including phenoxy) is 2. The van der Waals surface area contributed by atoms with E-state index in [0.29, 0.717) is 6.61 Å². The third kappa shape index (κ3) is 7.06. The summed E-state index contributed by atoms with van der Waals surface area (Å²) in [4.78, 5) is 0. The van der Waals surface area contributed by atoms with Gasteiger partial charge in [0.25, 0.3) is 0 Å². The monoisotopic (exact) mass is 348 g/mol. The second-order valence-corrected chi connectivity index (χ2v) is 2.37. The summed E-state index contributed by atoms with van der Waals surface area (Å²) in [6.07, 6.45) is -4.68. The summed E-state index contributed by atoms with van der Waals surface area (Å²) in [5, 5.41) is 0. The minimum atomic E-state index is -4.68. The quantitative estimate of drug-likeness (QED) is 0.612. The van der Waals surface area contributed by atoms with Crippen LogP contribution in [0.1, 0.15) is 6.92 Å². The van der Waals surface area contributed by atoms with Crippen LogP contribution in [-0.2, 0) is 16.3 Å². The maximum atomic E-state index is 11.8. The first-order chi connectivity index (χ1) is 7.51.